The van der Waals surface area contributed by atoms with Crippen LogP contribution < -0.4 is 10.1 Å². The highest BCUT2D eigenvalue weighted by Crippen LogP contribution is 2.29. The summed E-state index contributed by atoms with van der Waals surface area (Å²) >= 11 is 5.78. The van der Waals surface area contributed by atoms with Gasteiger partial charge in [-0.3, -0.25) is 9.78 Å². The number of halogens is 3. The first-order chi connectivity index (χ1) is 9.56. The van der Waals surface area contributed by atoms with Gasteiger partial charge in [0.1, 0.15) is 5.75 Å². The van der Waals surface area contributed by atoms with Crippen molar-refractivity contribution < 1.29 is 18.3 Å². The average molecular weight is 299 g/mol. The minimum Gasteiger partial charge on any atom is -0.433 e. The molecule has 4 nitrogen and oxygen atoms in total. The minimum absolute atomic E-state index is 0.0192. The molecule has 0 spiro atoms. The zero-order valence-electron chi connectivity index (χ0n) is 10.0. The molecule has 0 saturated heterocycles. The van der Waals surface area contributed by atoms with E-state index in [4.69, 9.17) is 11.6 Å². The molecule has 2 rings (SSSR count). The van der Waals surface area contributed by atoms with Gasteiger partial charge in [0, 0.05) is 18.1 Å². The van der Waals surface area contributed by atoms with Crippen LogP contribution in [0.5, 0.6) is 5.75 Å². The zero-order valence-corrected chi connectivity index (χ0v) is 10.8. The Kier molecular flexibility index (Phi) is 4.47. The molecule has 20 heavy (non-hydrogen) atoms. The highest BCUT2D eigenvalue weighted by molar-refractivity contribution is 6.32. The summed E-state index contributed by atoms with van der Waals surface area (Å²) in [5.74, 6) is -0.530. The summed E-state index contributed by atoms with van der Waals surface area (Å²) < 4.78 is 28.4. The molecule has 0 saturated carbocycles. The van der Waals surface area contributed by atoms with Gasteiger partial charge in [-0.1, -0.05) is 11.6 Å². The predicted molar refractivity (Wildman–Crippen MR) is 70.3 cm³/mol. The van der Waals surface area contributed by atoms with Crippen molar-refractivity contribution in [3.8, 4) is 5.75 Å². The van der Waals surface area contributed by atoms with Crippen LogP contribution >= 0.6 is 11.6 Å². The number of ether oxygens (including phenoxy) is 1. The lowest BCUT2D eigenvalue weighted by Crippen LogP contribution is -2.12. The Morgan fingerprint density at radius 3 is 2.75 bits per heavy atom. The van der Waals surface area contributed by atoms with Gasteiger partial charge in [-0.2, -0.15) is 8.78 Å². The van der Waals surface area contributed by atoms with Crippen molar-refractivity contribution in [1.82, 2.24) is 4.98 Å². The SMILES string of the molecule is O=C(Nc1ccc(OC(F)F)c(Cl)c1)c1cccnc1. The number of anilines is 1. The van der Waals surface area contributed by atoms with Crippen LogP contribution in [0.15, 0.2) is 42.7 Å². The number of carbonyl (C=O) groups is 1. The van der Waals surface area contributed by atoms with Crippen LogP contribution in [0.2, 0.25) is 5.02 Å². The number of benzene rings is 1. The van der Waals surface area contributed by atoms with Gasteiger partial charge < -0.3 is 10.1 Å². The molecular weight excluding hydrogens is 290 g/mol. The van der Waals surface area contributed by atoms with Gasteiger partial charge in [-0.15, -0.1) is 0 Å². The summed E-state index contributed by atoms with van der Waals surface area (Å²) in [5, 5.41) is 2.55. The molecule has 0 fully saturated rings. The van der Waals surface area contributed by atoms with Crippen molar-refractivity contribution in [2.75, 3.05) is 5.32 Å². The van der Waals surface area contributed by atoms with E-state index in [1.807, 2.05) is 0 Å². The molecule has 1 aromatic heterocycles. The smallest absolute Gasteiger partial charge is 0.387 e. The van der Waals surface area contributed by atoms with Crippen molar-refractivity contribution in [3.05, 3.63) is 53.3 Å². The minimum atomic E-state index is -2.96. The number of nitrogens with zero attached hydrogens (tertiary/aromatic N) is 1. The Balaban J connectivity index is 2.11. The summed E-state index contributed by atoms with van der Waals surface area (Å²) in [5.41, 5.74) is 0.738. The van der Waals surface area contributed by atoms with Crippen molar-refractivity contribution in [2.45, 2.75) is 6.61 Å². The molecule has 1 aromatic carbocycles. The monoisotopic (exact) mass is 298 g/mol. The van der Waals surface area contributed by atoms with Gasteiger partial charge >= 0.3 is 6.61 Å². The van der Waals surface area contributed by atoms with Crippen LogP contribution in [0.1, 0.15) is 10.4 Å². The van der Waals surface area contributed by atoms with E-state index in [2.05, 4.69) is 15.0 Å². The molecule has 7 heteroatoms. The van der Waals surface area contributed by atoms with Crippen LogP contribution in [0.4, 0.5) is 14.5 Å². The summed E-state index contributed by atoms with van der Waals surface area (Å²) in [6.45, 7) is -2.96. The van der Waals surface area contributed by atoms with Crippen LogP contribution in [0, 0.1) is 0 Å². The van der Waals surface area contributed by atoms with E-state index in [9.17, 15) is 13.6 Å². The second-order valence-corrected chi connectivity index (χ2v) is 4.13. The second kappa shape index (κ2) is 6.29. The van der Waals surface area contributed by atoms with E-state index in [0.29, 0.717) is 11.3 Å². The molecule has 1 N–H and O–H groups in total. The Labute approximate surface area is 118 Å². The fourth-order valence-electron chi connectivity index (χ4n) is 1.47. The summed E-state index contributed by atoms with van der Waals surface area (Å²) in [7, 11) is 0. The number of amides is 1. The van der Waals surface area contributed by atoms with E-state index < -0.39 is 6.61 Å². The number of alkyl halides is 2. The standard InChI is InChI=1S/C13H9ClF2N2O2/c14-10-6-9(3-4-11(10)20-13(15)16)18-12(19)8-2-1-5-17-7-8/h1-7,13H,(H,18,19). The van der Waals surface area contributed by atoms with E-state index in [1.165, 1.54) is 24.4 Å². The predicted octanol–water partition coefficient (Wildman–Crippen LogP) is 3.59. The lowest BCUT2D eigenvalue weighted by Gasteiger charge is -2.09. The highest BCUT2D eigenvalue weighted by atomic mass is 35.5. The number of aromatic nitrogens is 1. The van der Waals surface area contributed by atoms with Crippen LogP contribution in [0.25, 0.3) is 0 Å². The normalized spacial score (nSPS) is 10.4. The van der Waals surface area contributed by atoms with Gasteiger partial charge in [0.2, 0.25) is 0 Å². The Morgan fingerprint density at radius 1 is 1.35 bits per heavy atom. The third-order valence-electron chi connectivity index (χ3n) is 2.33. The lowest BCUT2D eigenvalue weighted by atomic mass is 10.2. The number of rotatable bonds is 4. The number of hydrogen-bond acceptors (Lipinski definition) is 3. The molecule has 0 bridgehead atoms. The zero-order chi connectivity index (χ0) is 14.5. The van der Waals surface area contributed by atoms with Crippen LogP contribution in [-0.2, 0) is 0 Å². The molecule has 2 aromatic rings. The van der Waals surface area contributed by atoms with Crippen molar-refractivity contribution in [2.24, 2.45) is 0 Å². The molecule has 0 atom stereocenters. The van der Waals surface area contributed by atoms with Crippen LogP contribution in [-0.4, -0.2) is 17.5 Å². The summed E-state index contributed by atoms with van der Waals surface area (Å²) in [6.07, 6.45) is 2.95. The summed E-state index contributed by atoms with van der Waals surface area (Å²) in [6, 6.07) is 7.22. The highest BCUT2D eigenvalue weighted by Gasteiger charge is 2.11. The maximum Gasteiger partial charge on any atom is 0.387 e. The quantitative estimate of drug-likeness (QED) is 0.938. The topological polar surface area (TPSA) is 51.2 Å². The third-order valence-corrected chi connectivity index (χ3v) is 2.62. The Bertz CT molecular complexity index is 609. The summed E-state index contributed by atoms with van der Waals surface area (Å²) in [4.78, 5) is 15.7. The molecular formula is C13H9ClF2N2O2. The number of nitrogens with one attached hydrogen (secondary N) is 1. The lowest BCUT2D eigenvalue weighted by molar-refractivity contribution is -0.0497. The van der Waals surface area contributed by atoms with Gasteiger partial charge in [0.05, 0.1) is 10.6 Å². The Hall–Kier alpha value is -2.21. The molecule has 0 unspecified atom stereocenters. The van der Waals surface area contributed by atoms with E-state index in [0.717, 1.165) is 0 Å². The third kappa shape index (κ3) is 3.64. The molecule has 0 aliphatic rings. The van der Waals surface area contributed by atoms with E-state index >= 15 is 0 Å². The first-order valence-corrected chi connectivity index (χ1v) is 5.90. The fraction of sp³-hybridized carbons (Fsp3) is 0.0769. The van der Waals surface area contributed by atoms with Crippen LogP contribution in [0.3, 0.4) is 0 Å². The van der Waals surface area contributed by atoms with Gasteiger partial charge in [-0.05, 0) is 30.3 Å². The first-order valence-electron chi connectivity index (χ1n) is 5.52. The van der Waals surface area contributed by atoms with E-state index in [1.54, 1.807) is 18.3 Å². The molecule has 0 aliphatic carbocycles. The number of pyridine rings is 1. The van der Waals surface area contributed by atoms with E-state index in [-0.39, 0.29) is 16.7 Å². The first kappa shape index (κ1) is 14.2. The second-order valence-electron chi connectivity index (χ2n) is 3.72. The maximum atomic E-state index is 12.1. The molecule has 0 aliphatic heterocycles. The fourth-order valence-corrected chi connectivity index (χ4v) is 1.70. The van der Waals surface area contributed by atoms with Gasteiger partial charge in [0.15, 0.2) is 0 Å². The molecule has 0 radical (unpaired) electrons. The number of hydrogen-bond donors (Lipinski definition) is 1. The maximum absolute atomic E-state index is 12.1. The van der Waals surface area contributed by atoms with Gasteiger partial charge in [0.25, 0.3) is 5.91 Å². The van der Waals surface area contributed by atoms with Crippen molar-refractivity contribution >= 4 is 23.2 Å². The average Bonchev–Trinajstić information content (AvgIpc) is 2.42. The van der Waals surface area contributed by atoms with Gasteiger partial charge in [-0.25, -0.2) is 0 Å². The molecule has 1 amide bonds. The largest absolute Gasteiger partial charge is 0.433 e. The molecule has 104 valence electrons. The number of carbonyl (C=O) groups excluding carboxylic acids is 1. The van der Waals surface area contributed by atoms with Crippen molar-refractivity contribution in [1.29, 1.82) is 0 Å². The molecule has 1 heterocycles. The van der Waals surface area contributed by atoms with Crippen molar-refractivity contribution in [3.63, 3.8) is 0 Å². The Morgan fingerprint density at radius 2 is 2.15 bits per heavy atom.